The number of likely N-dealkylation sites (N-methyl/N-ethyl adjacent to an activating group) is 1. The number of halogens is 1. The lowest BCUT2D eigenvalue weighted by Gasteiger charge is -2.18. The van der Waals surface area contributed by atoms with E-state index in [2.05, 4.69) is 29.1 Å². The summed E-state index contributed by atoms with van der Waals surface area (Å²) < 4.78 is 14.5. The Bertz CT molecular complexity index is 845. The molecule has 3 N–H and O–H groups in total. The van der Waals surface area contributed by atoms with Crippen molar-refractivity contribution < 1.29 is 9.23 Å². The van der Waals surface area contributed by atoms with Crippen LogP contribution in [0.3, 0.4) is 0 Å². The van der Waals surface area contributed by atoms with E-state index < -0.39 is 0 Å². The second-order valence-corrected chi connectivity index (χ2v) is 6.83. The third kappa shape index (κ3) is 4.18. The average Bonchev–Trinajstić information content (AvgIpc) is 3.05. The number of hydrogen-bond acceptors (Lipinski definition) is 5. The lowest BCUT2D eigenvalue weighted by molar-refractivity contribution is 0.108. The largest absolute Gasteiger partial charge is 0.323 e. The molecule has 1 fully saturated rings. The van der Waals surface area contributed by atoms with Gasteiger partial charge >= 0.3 is 0 Å². The van der Waals surface area contributed by atoms with Crippen LogP contribution < -0.4 is 11.3 Å². The number of hydrogen-bond donors (Lipinski definition) is 2. The van der Waals surface area contributed by atoms with Crippen molar-refractivity contribution in [2.75, 3.05) is 25.6 Å². The summed E-state index contributed by atoms with van der Waals surface area (Å²) in [6.07, 6.45) is 4.29. The van der Waals surface area contributed by atoms with Gasteiger partial charge in [-0.2, -0.15) is 5.10 Å². The van der Waals surface area contributed by atoms with Crippen molar-refractivity contribution in [3.05, 3.63) is 59.4 Å². The Kier molecular flexibility index (Phi) is 5.88. The highest BCUT2D eigenvalue weighted by Gasteiger charge is 2.21. The van der Waals surface area contributed by atoms with E-state index in [0.717, 1.165) is 41.8 Å². The fraction of sp³-hybridized carbons (Fsp3) is 0.286. The predicted octanol–water partition coefficient (Wildman–Crippen LogP) is 3.78. The molecule has 27 heavy (non-hydrogen) atoms. The van der Waals surface area contributed by atoms with Crippen LogP contribution in [0.15, 0.2) is 42.0 Å². The first-order chi connectivity index (χ1) is 13.0. The first-order valence-electron chi connectivity index (χ1n) is 8.93. The maximum Gasteiger partial charge on any atom is 0.131 e. The summed E-state index contributed by atoms with van der Waals surface area (Å²) in [5.41, 5.74) is 7.41. The summed E-state index contributed by atoms with van der Waals surface area (Å²) in [5.74, 6) is 5.10. The molecule has 2 aromatic carbocycles. The quantitative estimate of drug-likeness (QED) is 0.463. The van der Waals surface area contributed by atoms with Gasteiger partial charge in [-0.1, -0.05) is 24.8 Å². The number of benzene rings is 2. The molecule has 1 aliphatic heterocycles. The molecule has 1 saturated heterocycles. The number of aryl methyl sites for hydroxylation is 1. The van der Waals surface area contributed by atoms with Gasteiger partial charge in [-0.05, 0) is 49.7 Å². The van der Waals surface area contributed by atoms with Gasteiger partial charge in [0, 0.05) is 29.8 Å². The van der Waals surface area contributed by atoms with E-state index in [9.17, 15) is 4.39 Å². The minimum atomic E-state index is -0.277. The van der Waals surface area contributed by atoms with Gasteiger partial charge in [0.1, 0.15) is 5.82 Å². The normalized spacial score (nSPS) is 17.5. The predicted molar refractivity (Wildman–Crippen MR) is 109 cm³/mol. The smallest absolute Gasteiger partial charge is 0.131 e. The molecule has 6 heteroatoms. The Morgan fingerprint density at radius 1 is 1.41 bits per heavy atom. The summed E-state index contributed by atoms with van der Waals surface area (Å²) in [4.78, 5) is 8.09. The Morgan fingerprint density at radius 2 is 2.22 bits per heavy atom. The second kappa shape index (κ2) is 8.33. The molecule has 1 atom stereocenters. The van der Waals surface area contributed by atoms with Crippen LogP contribution in [0.1, 0.15) is 23.1 Å². The Morgan fingerprint density at radius 3 is 2.85 bits per heavy atom. The maximum absolute atomic E-state index is 14.5. The highest BCUT2D eigenvalue weighted by Crippen LogP contribution is 2.33. The van der Waals surface area contributed by atoms with Crippen molar-refractivity contribution in [1.29, 1.82) is 0 Å². The highest BCUT2D eigenvalue weighted by molar-refractivity contribution is 5.92. The molecular formula is C21H25FN4O. The van der Waals surface area contributed by atoms with Gasteiger partial charge in [0.05, 0.1) is 18.0 Å². The van der Waals surface area contributed by atoms with E-state index in [1.54, 1.807) is 12.1 Å². The number of hydrazone groups is 1. The van der Waals surface area contributed by atoms with E-state index in [-0.39, 0.29) is 11.9 Å². The van der Waals surface area contributed by atoms with Crippen molar-refractivity contribution in [2.24, 2.45) is 10.9 Å². The fourth-order valence-electron chi connectivity index (χ4n) is 3.45. The van der Waals surface area contributed by atoms with Crippen LogP contribution in [-0.4, -0.2) is 37.4 Å². The number of nitrogens with two attached hydrogens (primary N) is 1. The minimum Gasteiger partial charge on any atom is -0.323 e. The maximum atomic E-state index is 14.5. The monoisotopic (exact) mass is 368 g/mol. The van der Waals surface area contributed by atoms with Crippen molar-refractivity contribution in [3.8, 4) is 11.1 Å². The van der Waals surface area contributed by atoms with E-state index in [4.69, 9.17) is 10.7 Å². The molecule has 1 aliphatic rings. The van der Waals surface area contributed by atoms with Crippen LogP contribution in [0.5, 0.6) is 0 Å². The third-order valence-corrected chi connectivity index (χ3v) is 4.82. The van der Waals surface area contributed by atoms with Gasteiger partial charge in [0.25, 0.3) is 0 Å². The standard InChI is InChI=1S/C21H25FN4O/c1-4-18-16(12-24-23)10-15(21-14(2)6-5-7-19(21)22)11-20(18)25-27-17-8-9-26(3)13-17/h4-7,10-12,17,25H,1,8-9,13,23H2,2-3H3/b24-12-. The van der Waals surface area contributed by atoms with Gasteiger partial charge in [-0.15, -0.1) is 0 Å². The van der Waals surface area contributed by atoms with Crippen LogP contribution in [0, 0.1) is 12.7 Å². The van der Waals surface area contributed by atoms with Gasteiger partial charge in [-0.25, -0.2) is 4.39 Å². The molecule has 0 aliphatic carbocycles. The van der Waals surface area contributed by atoms with E-state index in [1.807, 2.05) is 25.1 Å². The molecule has 5 nitrogen and oxygen atoms in total. The van der Waals surface area contributed by atoms with Crippen molar-refractivity contribution in [3.63, 3.8) is 0 Å². The van der Waals surface area contributed by atoms with Crippen LogP contribution in [0.2, 0.25) is 0 Å². The topological polar surface area (TPSA) is 62.9 Å². The summed E-state index contributed by atoms with van der Waals surface area (Å²) in [5, 5.41) is 3.64. The zero-order chi connectivity index (χ0) is 19.4. The first kappa shape index (κ1) is 19.1. The lowest BCUT2D eigenvalue weighted by atomic mass is 9.95. The number of nitrogens with zero attached hydrogens (tertiary/aromatic N) is 2. The minimum absolute atomic E-state index is 0.0955. The number of nitrogens with one attached hydrogen (secondary N) is 1. The van der Waals surface area contributed by atoms with Gasteiger partial charge in [-0.3, -0.25) is 10.3 Å². The zero-order valence-corrected chi connectivity index (χ0v) is 15.7. The molecule has 3 rings (SSSR count). The molecule has 2 aromatic rings. The van der Waals surface area contributed by atoms with Crippen molar-refractivity contribution >= 4 is 18.0 Å². The van der Waals surface area contributed by atoms with Gasteiger partial charge < -0.3 is 10.7 Å². The van der Waals surface area contributed by atoms with Gasteiger partial charge in [0.15, 0.2) is 0 Å². The SMILES string of the molecule is C=Cc1c(/C=N\N)cc(-c2c(C)cccc2F)cc1NOC1CCN(C)C1. The summed E-state index contributed by atoms with van der Waals surface area (Å²) in [6.45, 7) is 7.63. The Hall–Kier alpha value is -2.70. The first-order valence-corrected chi connectivity index (χ1v) is 8.93. The summed E-state index contributed by atoms with van der Waals surface area (Å²) in [6, 6.07) is 8.77. The van der Waals surface area contributed by atoms with E-state index in [0.29, 0.717) is 11.3 Å². The third-order valence-electron chi connectivity index (χ3n) is 4.82. The van der Waals surface area contributed by atoms with Crippen LogP contribution >= 0.6 is 0 Å². The molecule has 0 aromatic heterocycles. The van der Waals surface area contributed by atoms with Crippen LogP contribution in [-0.2, 0) is 4.84 Å². The number of anilines is 1. The Balaban J connectivity index is 2.02. The van der Waals surface area contributed by atoms with Gasteiger partial charge in [0.2, 0.25) is 0 Å². The van der Waals surface area contributed by atoms with Crippen LogP contribution in [0.4, 0.5) is 10.1 Å². The molecule has 0 radical (unpaired) electrons. The molecule has 1 heterocycles. The molecule has 142 valence electrons. The van der Waals surface area contributed by atoms with Crippen molar-refractivity contribution in [2.45, 2.75) is 19.4 Å². The molecule has 0 amide bonds. The molecular weight excluding hydrogens is 343 g/mol. The molecule has 0 saturated carbocycles. The number of likely N-dealkylation sites (tertiary alicyclic amines) is 1. The van der Waals surface area contributed by atoms with E-state index >= 15 is 0 Å². The summed E-state index contributed by atoms with van der Waals surface area (Å²) in [7, 11) is 2.07. The average molecular weight is 368 g/mol. The second-order valence-electron chi connectivity index (χ2n) is 6.83. The summed E-state index contributed by atoms with van der Waals surface area (Å²) >= 11 is 0. The van der Waals surface area contributed by atoms with E-state index in [1.165, 1.54) is 12.3 Å². The van der Waals surface area contributed by atoms with Crippen LogP contribution in [0.25, 0.3) is 17.2 Å². The molecule has 0 bridgehead atoms. The van der Waals surface area contributed by atoms with Crippen molar-refractivity contribution in [1.82, 2.24) is 4.90 Å². The lowest BCUT2D eigenvalue weighted by Crippen LogP contribution is -2.21. The highest BCUT2D eigenvalue weighted by atomic mass is 19.1. The number of rotatable bonds is 6. The Labute approximate surface area is 159 Å². The molecule has 1 unspecified atom stereocenters. The zero-order valence-electron chi connectivity index (χ0n) is 15.7. The molecule has 0 spiro atoms. The fourth-order valence-corrected chi connectivity index (χ4v) is 3.45.